The average Bonchev–Trinajstić information content (AvgIpc) is 3.04. The summed E-state index contributed by atoms with van der Waals surface area (Å²) in [6, 6.07) is 18.3. The number of Topliss-reactive ketones (excluding diaryl/α,β-unsaturated/α-hetero) is 1. The van der Waals surface area contributed by atoms with E-state index in [-0.39, 0.29) is 17.0 Å². The summed E-state index contributed by atoms with van der Waals surface area (Å²) in [5, 5.41) is 10.9. The third kappa shape index (κ3) is 3.77. The van der Waals surface area contributed by atoms with E-state index in [9.17, 15) is 27.9 Å². The molecule has 0 radical (unpaired) electrons. The molecule has 7 heteroatoms. The van der Waals surface area contributed by atoms with Crippen molar-refractivity contribution in [1.29, 1.82) is 0 Å². The van der Waals surface area contributed by atoms with Crippen molar-refractivity contribution in [2.45, 2.75) is 19.1 Å². The van der Waals surface area contributed by atoms with Crippen LogP contribution in [0.5, 0.6) is 0 Å². The van der Waals surface area contributed by atoms with E-state index in [4.69, 9.17) is 0 Å². The normalized spacial score (nSPS) is 18.2. The summed E-state index contributed by atoms with van der Waals surface area (Å²) in [6.45, 7) is 1.86. The van der Waals surface area contributed by atoms with Gasteiger partial charge in [-0.15, -0.1) is 0 Å². The molecule has 1 aliphatic heterocycles. The van der Waals surface area contributed by atoms with Crippen molar-refractivity contribution in [3.8, 4) is 0 Å². The quantitative estimate of drug-likeness (QED) is 0.328. The molecule has 0 spiro atoms. The lowest BCUT2D eigenvalue weighted by Crippen LogP contribution is -2.29. The van der Waals surface area contributed by atoms with Crippen LogP contribution >= 0.6 is 0 Å². The standard InChI is InChI=1S/C25H18F3NO3/c1-15-10-12-16(13-11-15)21-20(22(30)17-6-3-2-4-7-17)23(31)24(32)29(21)19-9-5-8-18(14-19)25(26,27)28/h2-14,21,30H,1H3/b22-20+. The number of aliphatic hydroxyl groups excluding tert-OH is 1. The number of benzene rings is 3. The number of anilines is 1. The van der Waals surface area contributed by atoms with Crippen LogP contribution < -0.4 is 4.90 Å². The Morgan fingerprint density at radius 2 is 1.56 bits per heavy atom. The summed E-state index contributed by atoms with van der Waals surface area (Å²) in [6.07, 6.45) is -4.62. The van der Waals surface area contributed by atoms with Gasteiger partial charge in [-0.1, -0.05) is 66.2 Å². The Bertz CT molecular complexity index is 1220. The molecular formula is C25H18F3NO3. The predicted molar refractivity (Wildman–Crippen MR) is 114 cm³/mol. The molecule has 0 aromatic heterocycles. The predicted octanol–water partition coefficient (Wildman–Crippen LogP) is 5.64. The highest BCUT2D eigenvalue weighted by Crippen LogP contribution is 2.43. The van der Waals surface area contributed by atoms with Gasteiger partial charge in [0.05, 0.1) is 17.2 Å². The summed E-state index contributed by atoms with van der Waals surface area (Å²) < 4.78 is 39.9. The van der Waals surface area contributed by atoms with Crippen LogP contribution in [-0.2, 0) is 15.8 Å². The van der Waals surface area contributed by atoms with Crippen molar-refractivity contribution in [2.75, 3.05) is 4.90 Å². The minimum Gasteiger partial charge on any atom is -0.507 e. The molecule has 1 aliphatic rings. The SMILES string of the molecule is Cc1ccc(C2/C(=C(\O)c3ccccc3)C(=O)C(=O)N2c2cccc(C(F)(F)F)c2)cc1. The van der Waals surface area contributed by atoms with E-state index >= 15 is 0 Å². The molecular weight excluding hydrogens is 419 g/mol. The largest absolute Gasteiger partial charge is 0.507 e. The molecule has 1 saturated heterocycles. The molecule has 32 heavy (non-hydrogen) atoms. The van der Waals surface area contributed by atoms with Crippen LogP contribution in [0, 0.1) is 6.92 Å². The fraction of sp³-hybridized carbons (Fsp3) is 0.120. The van der Waals surface area contributed by atoms with E-state index in [1.807, 2.05) is 6.92 Å². The van der Waals surface area contributed by atoms with Gasteiger partial charge in [0, 0.05) is 11.3 Å². The zero-order valence-corrected chi connectivity index (χ0v) is 16.9. The molecule has 162 valence electrons. The zero-order chi connectivity index (χ0) is 23.0. The van der Waals surface area contributed by atoms with Gasteiger partial charge in [-0.3, -0.25) is 14.5 Å². The maximum atomic E-state index is 13.3. The molecule has 0 aliphatic carbocycles. The molecule has 1 amide bonds. The number of ketones is 1. The summed E-state index contributed by atoms with van der Waals surface area (Å²) in [4.78, 5) is 27.0. The van der Waals surface area contributed by atoms with Crippen LogP contribution in [-0.4, -0.2) is 16.8 Å². The molecule has 3 aromatic carbocycles. The van der Waals surface area contributed by atoms with Crippen molar-refractivity contribution >= 4 is 23.1 Å². The first-order valence-electron chi connectivity index (χ1n) is 9.78. The van der Waals surface area contributed by atoms with E-state index in [0.717, 1.165) is 22.6 Å². The van der Waals surface area contributed by atoms with Crippen LogP contribution in [0.4, 0.5) is 18.9 Å². The second-order valence-corrected chi connectivity index (χ2v) is 7.49. The highest BCUT2D eigenvalue weighted by molar-refractivity contribution is 6.51. The molecule has 4 rings (SSSR count). The molecule has 0 bridgehead atoms. The second kappa shape index (κ2) is 8.00. The third-order valence-electron chi connectivity index (χ3n) is 5.34. The first-order chi connectivity index (χ1) is 15.2. The number of carbonyl (C=O) groups is 2. The van der Waals surface area contributed by atoms with Crippen LogP contribution in [0.3, 0.4) is 0 Å². The van der Waals surface area contributed by atoms with E-state index in [2.05, 4.69) is 0 Å². The van der Waals surface area contributed by atoms with Gasteiger partial charge < -0.3 is 5.11 Å². The highest BCUT2D eigenvalue weighted by atomic mass is 19.4. The van der Waals surface area contributed by atoms with Gasteiger partial charge in [-0.2, -0.15) is 13.2 Å². The Balaban J connectivity index is 1.94. The maximum absolute atomic E-state index is 13.3. The molecule has 1 N–H and O–H groups in total. The fourth-order valence-electron chi connectivity index (χ4n) is 3.75. The second-order valence-electron chi connectivity index (χ2n) is 7.49. The van der Waals surface area contributed by atoms with Gasteiger partial charge in [0.1, 0.15) is 5.76 Å². The molecule has 4 nitrogen and oxygen atoms in total. The highest BCUT2D eigenvalue weighted by Gasteiger charge is 2.47. The molecule has 3 aromatic rings. The Morgan fingerprint density at radius 3 is 2.19 bits per heavy atom. The van der Waals surface area contributed by atoms with Crippen molar-refractivity contribution < 1.29 is 27.9 Å². The van der Waals surface area contributed by atoms with Crippen molar-refractivity contribution in [1.82, 2.24) is 0 Å². The minimum absolute atomic E-state index is 0.0837. The maximum Gasteiger partial charge on any atom is 0.416 e. The molecule has 0 saturated carbocycles. The Hall–Kier alpha value is -3.87. The number of aliphatic hydroxyl groups is 1. The number of hydrogen-bond donors (Lipinski definition) is 1. The number of nitrogens with zero attached hydrogens (tertiary/aromatic N) is 1. The topological polar surface area (TPSA) is 57.6 Å². The number of alkyl halides is 3. The van der Waals surface area contributed by atoms with Crippen LogP contribution in [0.15, 0.2) is 84.4 Å². The fourth-order valence-corrected chi connectivity index (χ4v) is 3.75. The van der Waals surface area contributed by atoms with Crippen LogP contribution in [0.25, 0.3) is 5.76 Å². The van der Waals surface area contributed by atoms with E-state index in [1.165, 1.54) is 12.1 Å². The molecule has 1 atom stereocenters. The summed E-state index contributed by atoms with van der Waals surface area (Å²) in [5.41, 5.74) is 0.536. The third-order valence-corrected chi connectivity index (χ3v) is 5.34. The van der Waals surface area contributed by atoms with E-state index in [1.54, 1.807) is 54.6 Å². The molecule has 1 fully saturated rings. The van der Waals surface area contributed by atoms with Crippen LogP contribution in [0.2, 0.25) is 0 Å². The van der Waals surface area contributed by atoms with Gasteiger partial charge in [0.15, 0.2) is 0 Å². The molecule has 1 unspecified atom stereocenters. The van der Waals surface area contributed by atoms with Gasteiger partial charge in [-0.25, -0.2) is 0 Å². The summed E-state index contributed by atoms with van der Waals surface area (Å²) in [7, 11) is 0. The Labute approximate surface area is 182 Å². The lowest BCUT2D eigenvalue weighted by molar-refractivity contribution is -0.137. The Morgan fingerprint density at radius 1 is 0.906 bits per heavy atom. The Kier molecular flexibility index (Phi) is 5.34. The zero-order valence-electron chi connectivity index (χ0n) is 16.9. The number of hydrogen-bond acceptors (Lipinski definition) is 3. The first kappa shape index (κ1) is 21.4. The minimum atomic E-state index is -4.62. The first-order valence-corrected chi connectivity index (χ1v) is 9.78. The van der Waals surface area contributed by atoms with Gasteiger partial charge in [0.25, 0.3) is 11.7 Å². The summed E-state index contributed by atoms with van der Waals surface area (Å²) >= 11 is 0. The van der Waals surface area contributed by atoms with Crippen molar-refractivity contribution in [3.63, 3.8) is 0 Å². The van der Waals surface area contributed by atoms with E-state index in [0.29, 0.717) is 11.1 Å². The van der Waals surface area contributed by atoms with E-state index < -0.39 is 29.5 Å². The van der Waals surface area contributed by atoms with Gasteiger partial charge in [0.2, 0.25) is 0 Å². The monoisotopic (exact) mass is 437 g/mol. The van der Waals surface area contributed by atoms with Crippen molar-refractivity contribution in [2.24, 2.45) is 0 Å². The van der Waals surface area contributed by atoms with Crippen molar-refractivity contribution in [3.05, 3.63) is 107 Å². The lowest BCUT2D eigenvalue weighted by Gasteiger charge is -2.26. The van der Waals surface area contributed by atoms with Crippen LogP contribution in [0.1, 0.15) is 28.3 Å². The number of halogens is 3. The molecule has 1 heterocycles. The summed E-state index contributed by atoms with van der Waals surface area (Å²) in [5.74, 6) is -2.36. The average molecular weight is 437 g/mol. The smallest absolute Gasteiger partial charge is 0.416 e. The lowest BCUT2D eigenvalue weighted by atomic mass is 9.94. The number of rotatable bonds is 3. The van der Waals surface area contributed by atoms with Gasteiger partial charge in [-0.05, 0) is 30.7 Å². The van der Waals surface area contributed by atoms with Gasteiger partial charge >= 0.3 is 6.18 Å². The number of carbonyl (C=O) groups excluding carboxylic acids is 2. The number of aryl methyl sites for hydroxylation is 1. The number of amides is 1.